The lowest BCUT2D eigenvalue weighted by Gasteiger charge is -2.25. The first kappa shape index (κ1) is 21.3. The second-order valence-corrected chi connectivity index (χ2v) is 6.39. The summed E-state index contributed by atoms with van der Waals surface area (Å²) < 4.78 is 4.98. The van der Waals surface area contributed by atoms with Gasteiger partial charge in [0.15, 0.2) is 5.11 Å². The standard InChI is InChI=1S/C22H24N2O3S/c1-2-27-21(26)15-16-24(17-19-11-7-4-8-12-19)22(28)23-20(25)14-13-18-9-5-3-6-10-18/h3-14H,2,15-17H2,1H3,(H,23,25,28)/b14-13+. The Kier molecular flexibility index (Phi) is 8.88. The number of carbonyl (C=O) groups is 2. The molecule has 0 bridgehead atoms. The number of ether oxygens (including phenoxy) is 1. The highest BCUT2D eigenvalue weighted by Crippen LogP contribution is 2.07. The van der Waals surface area contributed by atoms with Crippen molar-refractivity contribution in [3.63, 3.8) is 0 Å². The van der Waals surface area contributed by atoms with Crippen LogP contribution >= 0.6 is 12.2 Å². The van der Waals surface area contributed by atoms with E-state index >= 15 is 0 Å². The van der Waals surface area contributed by atoms with Gasteiger partial charge in [-0.3, -0.25) is 14.9 Å². The second-order valence-electron chi connectivity index (χ2n) is 6.00. The molecular weight excluding hydrogens is 372 g/mol. The van der Waals surface area contributed by atoms with Gasteiger partial charge in [-0.05, 0) is 36.3 Å². The average molecular weight is 397 g/mol. The number of rotatable bonds is 8. The van der Waals surface area contributed by atoms with Crippen LogP contribution in [0.2, 0.25) is 0 Å². The molecule has 0 atom stereocenters. The fourth-order valence-corrected chi connectivity index (χ4v) is 2.73. The van der Waals surface area contributed by atoms with Crippen molar-refractivity contribution in [2.45, 2.75) is 19.9 Å². The highest BCUT2D eigenvalue weighted by molar-refractivity contribution is 7.80. The zero-order valence-corrected chi connectivity index (χ0v) is 16.7. The van der Waals surface area contributed by atoms with Gasteiger partial charge < -0.3 is 9.64 Å². The molecule has 0 aliphatic heterocycles. The molecule has 0 aliphatic rings. The third-order valence-corrected chi connectivity index (χ3v) is 4.21. The van der Waals surface area contributed by atoms with Gasteiger partial charge in [-0.1, -0.05) is 60.7 Å². The van der Waals surface area contributed by atoms with E-state index in [1.165, 1.54) is 6.08 Å². The summed E-state index contributed by atoms with van der Waals surface area (Å²) in [5, 5.41) is 2.98. The first-order valence-corrected chi connectivity index (χ1v) is 9.52. The Morgan fingerprint density at radius 1 is 1.07 bits per heavy atom. The van der Waals surface area contributed by atoms with Gasteiger partial charge >= 0.3 is 5.97 Å². The van der Waals surface area contributed by atoms with Crippen molar-refractivity contribution in [2.24, 2.45) is 0 Å². The number of amides is 1. The SMILES string of the molecule is CCOC(=O)CCN(Cc1ccccc1)C(=S)NC(=O)/C=C/c1ccccc1. The third kappa shape index (κ3) is 7.72. The predicted octanol–water partition coefficient (Wildman–Crippen LogP) is 3.56. The van der Waals surface area contributed by atoms with Gasteiger partial charge in [-0.15, -0.1) is 0 Å². The minimum atomic E-state index is -0.317. The molecule has 0 saturated heterocycles. The lowest BCUT2D eigenvalue weighted by molar-refractivity contribution is -0.143. The Bertz CT molecular complexity index is 807. The van der Waals surface area contributed by atoms with Crippen molar-refractivity contribution >= 4 is 35.3 Å². The second kappa shape index (κ2) is 11.7. The van der Waals surface area contributed by atoms with E-state index in [4.69, 9.17) is 17.0 Å². The van der Waals surface area contributed by atoms with Gasteiger partial charge in [-0.2, -0.15) is 0 Å². The summed E-state index contributed by atoms with van der Waals surface area (Å²) in [6.07, 6.45) is 3.35. The van der Waals surface area contributed by atoms with Crippen molar-refractivity contribution in [3.05, 3.63) is 77.9 Å². The summed E-state index contributed by atoms with van der Waals surface area (Å²) >= 11 is 5.41. The molecule has 0 saturated carbocycles. The number of thiocarbonyl (C=S) groups is 1. The normalized spacial score (nSPS) is 10.5. The molecule has 0 radical (unpaired) electrons. The molecule has 0 spiro atoms. The first-order chi connectivity index (χ1) is 13.6. The van der Waals surface area contributed by atoms with Crippen LogP contribution in [-0.2, 0) is 20.9 Å². The summed E-state index contributed by atoms with van der Waals surface area (Å²) in [6.45, 7) is 2.95. The minimum Gasteiger partial charge on any atom is -0.466 e. The number of nitrogens with one attached hydrogen (secondary N) is 1. The van der Waals surface area contributed by atoms with Crippen LogP contribution in [0.5, 0.6) is 0 Å². The molecule has 1 amide bonds. The maximum atomic E-state index is 12.2. The van der Waals surface area contributed by atoms with E-state index in [-0.39, 0.29) is 23.4 Å². The maximum absolute atomic E-state index is 12.2. The Morgan fingerprint density at radius 3 is 2.36 bits per heavy atom. The van der Waals surface area contributed by atoms with Gasteiger partial charge in [-0.25, -0.2) is 0 Å². The van der Waals surface area contributed by atoms with Crippen LogP contribution in [0.15, 0.2) is 66.7 Å². The van der Waals surface area contributed by atoms with Gasteiger partial charge in [0.05, 0.1) is 13.0 Å². The van der Waals surface area contributed by atoms with E-state index in [1.807, 2.05) is 60.7 Å². The van der Waals surface area contributed by atoms with Crippen LogP contribution in [0, 0.1) is 0 Å². The van der Waals surface area contributed by atoms with Crippen molar-refractivity contribution in [3.8, 4) is 0 Å². The van der Waals surface area contributed by atoms with E-state index in [2.05, 4.69) is 5.32 Å². The Hall–Kier alpha value is -2.99. The molecule has 1 N–H and O–H groups in total. The van der Waals surface area contributed by atoms with Crippen molar-refractivity contribution in [1.82, 2.24) is 10.2 Å². The number of benzene rings is 2. The van der Waals surface area contributed by atoms with E-state index in [1.54, 1.807) is 17.9 Å². The highest BCUT2D eigenvalue weighted by atomic mass is 32.1. The molecule has 6 heteroatoms. The van der Waals surface area contributed by atoms with Crippen molar-refractivity contribution in [1.29, 1.82) is 0 Å². The minimum absolute atomic E-state index is 0.191. The number of esters is 1. The first-order valence-electron chi connectivity index (χ1n) is 9.11. The molecule has 0 aliphatic carbocycles. The maximum Gasteiger partial charge on any atom is 0.307 e. The molecular formula is C22H24N2O3S. The Balaban J connectivity index is 1.99. The van der Waals surface area contributed by atoms with Gasteiger partial charge in [0.2, 0.25) is 5.91 Å². The molecule has 2 rings (SSSR count). The largest absolute Gasteiger partial charge is 0.466 e. The number of hydrogen-bond donors (Lipinski definition) is 1. The van der Waals surface area contributed by atoms with E-state index in [0.29, 0.717) is 19.7 Å². The van der Waals surface area contributed by atoms with Crippen molar-refractivity contribution in [2.75, 3.05) is 13.2 Å². The quantitative estimate of drug-likeness (QED) is 0.420. The predicted molar refractivity (Wildman–Crippen MR) is 114 cm³/mol. The molecule has 2 aromatic carbocycles. The van der Waals surface area contributed by atoms with Crippen LogP contribution in [0.1, 0.15) is 24.5 Å². The Morgan fingerprint density at radius 2 is 1.71 bits per heavy atom. The summed E-state index contributed by atoms with van der Waals surface area (Å²) in [7, 11) is 0. The fourth-order valence-electron chi connectivity index (χ4n) is 2.48. The summed E-state index contributed by atoms with van der Waals surface area (Å²) in [4.78, 5) is 25.7. The van der Waals surface area contributed by atoms with Crippen LogP contribution in [0.4, 0.5) is 0 Å². The van der Waals surface area contributed by atoms with Gasteiger partial charge in [0.1, 0.15) is 0 Å². The average Bonchev–Trinajstić information content (AvgIpc) is 2.71. The highest BCUT2D eigenvalue weighted by Gasteiger charge is 2.14. The molecule has 146 valence electrons. The zero-order valence-electron chi connectivity index (χ0n) is 15.8. The van der Waals surface area contributed by atoms with E-state index in [9.17, 15) is 9.59 Å². The summed E-state index contributed by atoms with van der Waals surface area (Å²) in [5.41, 5.74) is 1.95. The monoisotopic (exact) mass is 396 g/mol. The van der Waals surface area contributed by atoms with Gasteiger partial charge in [0.25, 0.3) is 0 Å². The number of carbonyl (C=O) groups excluding carboxylic acids is 2. The number of nitrogens with zero attached hydrogens (tertiary/aromatic N) is 1. The van der Waals surface area contributed by atoms with Crippen LogP contribution in [-0.4, -0.2) is 35.0 Å². The van der Waals surface area contributed by atoms with Crippen molar-refractivity contribution < 1.29 is 14.3 Å². The molecule has 0 fully saturated rings. The molecule has 28 heavy (non-hydrogen) atoms. The molecule has 5 nitrogen and oxygen atoms in total. The number of hydrogen-bond acceptors (Lipinski definition) is 4. The van der Waals surface area contributed by atoms with E-state index in [0.717, 1.165) is 11.1 Å². The molecule has 0 unspecified atom stereocenters. The summed E-state index contributed by atoms with van der Waals surface area (Å²) in [6, 6.07) is 19.3. The molecule has 0 aromatic heterocycles. The Labute approximate surface area is 171 Å². The van der Waals surface area contributed by atoms with Gasteiger partial charge in [0, 0.05) is 19.2 Å². The third-order valence-electron chi connectivity index (χ3n) is 3.85. The lowest BCUT2D eigenvalue weighted by Crippen LogP contribution is -2.42. The topological polar surface area (TPSA) is 58.6 Å². The summed E-state index contributed by atoms with van der Waals surface area (Å²) in [5.74, 6) is -0.610. The van der Waals surface area contributed by atoms with Crippen LogP contribution in [0.25, 0.3) is 6.08 Å². The lowest BCUT2D eigenvalue weighted by atomic mass is 10.2. The molecule has 0 heterocycles. The smallest absolute Gasteiger partial charge is 0.307 e. The molecule has 2 aromatic rings. The van der Waals surface area contributed by atoms with Crippen LogP contribution < -0.4 is 5.32 Å². The van der Waals surface area contributed by atoms with Crippen LogP contribution in [0.3, 0.4) is 0 Å². The zero-order chi connectivity index (χ0) is 20.2. The van der Waals surface area contributed by atoms with E-state index < -0.39 is 0 Å². The fraction of sp³-hybridized carbons (Fsp3) is 0.227.